The van der Waals surface area contributed by atoms with E-state index < -0.39 is 0 Å². The predicted molar refractivity (Wildman–Crippen MR) is 93.1 cm³/mol. The zero-order valence-electron chi connectivity index (χ0n) is 14.1. The van der Waals surface area contributed by atoms with Gasteiger partial charge in [-0.25, -0.2) is 9.97 Å². The van der Waals surface area contributed by atoms with Crippen molar-refractivity contribution in [1.82, 2.24) is 25.0 Å². The van der Waals surface area contributed by atoms with Crippen LogP contribution in [0.4, 0.5) is 11.6 Å². The van der Waals surface area contributed by atoms with Crippen LogP contribution in [0, 0.1) is 5.92 Å². The Labute approximate surface area is 142 Å². The first-order valence-electron chi connectivity index (χ1n) is 9.04. The van der Waals surface area contributed by atoms with Crippen LogP contribution in [0.2, 0.25) is 0 Å². The summed E-state index contributed by atoms with van der Waals surface area (Å²) < 4.78 is 1.94. The highest BCUT2D eigenvalue weighted by molar-refractivity contribution is 5.50. The molecule has 0 radical (unpaired) electrons. The Hall–Kier alpha value is -2.18. The minimum absolute atomic E-state index is 0.673. The molecule has 7 heteroatoms. The van der Waals surface area contributed by atoms with Crippen LogP contribution in [0.15, 0.2) is 24.8 Å². The number of aromatic nitrogens is 5. The normalized spacial score (nSPS) is 19.7. The first kappa shape index (κ1) is 15.4. The summed E-state index contributed by atoms with van der Waals surface area (Å²) in [7, 11) is 0. The lowest BCUT2D eigenvalue weighted by atomic mass is 9.97. The molecule has 2 aliphatic rings. The maximum absolute atomic E-state index is 4.52. The second-order valence-electron chi connectivity index (χ2n) is 6.84. The molecule has 7 nitrogen and oxygen atoms in total. The summed E-state index contributed by atoms with van der Waals surface area (Å²) in [5.74, 6) is 2.83. The summed E-state index contributed by atoms with van der Waals surface area (Å²) in [6, 6.07) is 2.17. The van der Waals surface area contributed by atoms with Crippen LogP contribution < -0.4 is 9.80 Å². The van der Waals surface area contributed by atoms with Crippen molar-refractivity contribution in [2.24, 2.45) is 5.92 Å². The highest BCUT2D eigenvalue weighted by Crippen LogP contribution is 2.25. The maximum Gasteiger partial charge on any atom is 0.134 e. The van der Waals surface area contributed by atoms with Crippen LogP contribution in [0.1, 0.15) is 32.1 Å². The Balaban J connectivity index is 1.36. The summed E-state index contributed by atoms with van der Waals surface area (Å²) in [6.45, 7) is 5.31. The number of nitrogens with zero attached hydrogens (tertiary/aromatic N) is 7. The van der Waals surface area contributed by atoms with Gasteiger partial charge in [0.2, 0.25) is 0 Å². The standard InChI is InChI=1S/C17H25N7/c1-2-7-22(8-3-1)16-12-17(19-14-18-16)23-9-4-15(5-10-23)13-24-11-6-20-21-24/h6,11-12,14-15H,1-5,7-10,13H2. The molecule has 0 aromatic carbocycles. The van der Waals surface area contributed by atoms with Gasteiger partial charge in [0.05, 0.1) is 6.20 Å². The third kappa shape index (κ3) is 3.49. The molecule has 0 atom stereocenters. The van der Waals surface area contributed by atoms with Crippen molar-refractivity contribution in [3.63, 3.8) is 0 Å². The summed E-state index contributed by atoms with van der Waals surface area (Å²) in [4.78, 5) is 13.8. The fourth-order valence-electron chi connectivity index (χ4n) is 3.75. The minimum atomic E-state index is 0.673. The molecule has 2 aliphatic heterocycles. The Morgan fingerprint density at radius 3 is 2.29 bits per heavy atom. The highest BCUT2D eigenvalue weighted by atomic mass is 15.4. The van der Waals surface area contributed by atoms with Crippen molar-refractivity contribution in [3.8, 4) is 0 Å². The molecule has 24 heavy (non-hydrogen) atoms. The zero-order chi connectivity index (χ0) is 16.2. The minimum Gasteiger partial charge on any atom is -0.356 e. The predicted octanol–water partition coefficient (Wildman–Crippen LogP) is 1.97. The Bertz CT molecular complexity index is 628. The topological polar surface area (TPSA) is 63.0 Å². The number of hydrogen-bond donors (Lipinski definition) is 0. The molecule has 2 aromatic heterocycles. The number of piperidine rings is 2. The molecule has 2 aromatic rings. The molecule has 4 rings (SSSR count). The molecule has 0 bridgehead atoms. The van der Waals surface area contributed by atoms with Crippen molar-refractivity contribution >= 4 is 11.6 Å². The fraction of sp³-hybridized carbons (Fsp3) is 0.647. The van der Waals surface area contributed by atoms with Crippen molar-refractivity contribution in [1.29, 1.82) is 0 Å². The SMILES string of the molecule is c1cn(CC2CCN(c3cc(N4CCCCC4)ncn3)CC2)nn1. The lowest BCUT2D eigenvalue weighted by Crippen LogP contribution is -2.36. The second kappa shape index (κ2) is 7.15. The largest absolute Gasteiger partial charge is 0.356 e. The average Bonchev–Trinajstić information content (AvgIpc) is 3.16. The van der Waals surface area contributed by atoms with Gasteiger partial charge in [0.25, 0.3) is 0 Å². The van der Waals surface area contributed by atoms with Gasteiger partial charge in [-0.05, 0) is 38.0 Å². The third-order valence-electron chi connectivity index (χ3n) is 5.17. The summed E-state index contributed by atoms with van der Waals surface area (Å²) in [5.41, 5.74) is 0. The van der Waals surface area contributed by atoms with Crippen LogP contribution in [0.5, 0.6) is 0 Å². The van der Waals surface area contributed by atoms with E-state index in [0.717, 1.165) is 44.4 Å². The quantitative estimate of drug-likeness (QED) is 0.855. The molecular weight excluding hydrogens is 302 g/mol. The summed E-state index contributed by atoms with van der Waals surface area (Å²) in [5, 5.41) is 7.96. The van der Waals surface area contributed by atoms with Crippen LogP contribution in [-0.2, 0) is 6.54 Å². The first-order valence-corrected chi connectivity index (χ1v) is 9.04. The first-order chi connectivity index (χ1) is 11.9. The van der Waals surface area contributed by atoms with E-state index in [0.29, 0.717) is 5.92 Å². The van der Waals surface area contributed by atoms with E-state index in [2.05, 4.69) is 36.1 Å². The molecule has 0 N–H and O–H groups in total. The van der Waals surface area contributed by atoms with Crippen molar-refractivity contribution in [2.75, 3.05) is 36.0 Å². The monoisotopic (exact) mass is 327 g/mol. The van der Waals surface area contributed by atoms with E-state index in [1.165, 1.54) is 32.1 Å². The molecular formula is C17H25N7. The van der Waals surface area contributed by atoms with Crippen molar-refractivity contribution in [3.05, 3.63) is 24.8 Å². The molecule has 128 valence electrons. The van der Waals surface area contributed by atoms with Crippen molar-refractivity contribution < 1.29 is 0 Å². The number of rotatable bonds is 4. The third-order valence-corrected chi connectivity index (χ3v) is 5.17. The number of hydrogen-bond acceptors (Lipinski definition) is 6. The molecule has 0 amide bonds. The van der Waals surface area contributed by atoms with Gasteiger partial charge >= 0.3 is 0 Å². The van der Waals surface area contributed by atoms with E-state index in [1.54, 1.807) is 12.5 Å². The van der Waals surface area contributed by atoms with Gasteiger partial charge in [0.15, 0.2) is 0 Å². The summed E-state index contributed by atoms with van der Waals surface area (Å²) >= 11 is 0. The van der Waals surface area contributed by atoms with Crippen LogP contribution in [0.25, 0.3) is 0 Å². The molecule has 2 saturated heterocycles. The van der Waals surface area contributed by atoms with Gasteiger partial charge in [0.1, 0.15) is 18.0 Å². The Kier molecular flexibility index (Phi) is 4.57. The zero-order valence-corrected chi connectivity index (χ0v) is 14.1. The van der Waals surface area contributed by atoms with Gasteiger partial charge in [-0.3, -0.25) is 4.68 Å². The molecule has 0 unspecified atom stereocenters. The van der Waals surface area contributed by atoms with E-state index in [9.17, 15) is 0 Å². The molecule has 2 fully saturated rings. The molecule has 4 heterocycles. The molecule has 0 saturated carbocycles. The number of anilines is 2. The van der Waals surface area contributed by atoms with Gasteiger partial charge < -0.3 is 9.80 Å². The van der Waals surface area contributed by atoms with E-state index in [-0.39, 0.29) is 0 Å². The summed E-state index contributed by atoms with van der Waals surface area (Å²) in [6.07, 6.45) is 11.6. The van der Waals surface area contributed by atoms with Gasteiger partial charge in [-0.2, -0.15) is 0 Å². The highest BCUT2D eigenvalue weighted by Gasteiger charge is 2.22. The Morgan fingerprint density at radius 1 is 0.917 bits per heavy atom. The fourth-order valence-corrected chi connectivity index (χ4v) is 3.75. The second-order valence-corrected chi connectivity index (χ2v) is 6.84. The maximum atomic E-state index is 4.52. The molecule has 0 aliphatic carbocycles. The van der Waals surface area contributed by atoms with Crippen LogP contribution >= 0.6 is 0 Å². The smallest absolute Gasteiger partial charge is 0.134 e. The van der Waals surface area contributed by atoms with Gasteiger partial charge in [0, 0.05) is 45.0 Å². The average molecular weight is 327 g/mol. The lowest BCUT2D eigenvalue weighted by Gasteiger charge is -2.33. The van der Waals surface area contributed by atoms with E-state index >= 15 is 0 Å². The van der Waals surface area contributed by atoms with E-state index in [1.807, 2.05) is 10.9 Å². The lowest BCUT2D eigenvalue weighted by molar-refractivity contribution is 0.338. The molecule has 0 spiro atoms. The van der Waals surface area contributed by atoms with Gasteiger partial charge in [-0.1, -0.05) is 5.21 Å². The van der Waals surface area contributed by atoms with Crippen LogP contribution in [-0.4, -0.2) is 51.1 Å². The van der Waals surface area contributed by atoms with Crippen LogP contribution in [0.3, 0.4) is 0 Å². The van der Waals surface area contributed by atoms with Gasteiger partial charge in [-0.15, -0.1) is 5.10 Å². The Morgan fingerprint density at radius 2 is 1.62 bits per heavy atom. The van der Waals surface area contributed by atoms with E-state index in [4.69, 9.17) is 0 Å². The van der Waals surface area contributed by atoms with Crippen molar-refractivity contribution in [2.45, 2.75) is 38.6 Å².